The quantitative estimate of drug-likeness (QED) is 0.729. The van der Waals surface area contributed by atoms with E-state index in [4.69, 9.17) is 0 Å². The SMILES string of the molecule is C[C]1CCc2ccc(N3CCN(C)CC3)cc21. The highest BCUT2D eigenvalue weighted by Crippen LogP contribution is 2.34. The second-order valence-corrected chi connectivity index (χ2v) is 5.41. The molecule has 1 fully saturated rings. The van der Waals surface area contributed by atoms with Gasteiger partial charge in [-0.3, -0.25) is 0 Å². The van der Waals surface area contributed by atoms with Crippen molar-refractivity contribution in [2.45, 2.75) is 19.8 Å². The first-order valence-electron chi connectivity index (χ1n) is 6.63. The van der Waals surface area contributed by atoms with Crippen LogP contribution in [-0.2, 0) is 6.42 Å². The van der Waals surface area contributed by atoms with Gasteiger partial charge in [0.05, 0.1) is 0 Å². The summed E-state index contributed by atoms with van der Waals surface area (Å²) in [6, 6.07) is 7.05. The van der Waals surface area contributed by atoms with Crippen LogP contribution >= 0.6 is 0 Å². The predicted molar refractivity (Wildman–Crippen MR) is 72.5 cm³/mol. The average molecular weight is 229 g/mol. The van der Waals surface area contributed by atoms with Crippen LogP contribution in [0.2, 0.25) is 0 Å². The minimum atomic E-state index is 1.16. The molecule has 17 heavy (non-hydrogen) atoms. The molecule has 91 valence electrons. The molecule has 2 aliphatic rings. The Morgan fingerprint density at radius 1 is 1.00 bits per heavy atom. The van der Waals surface area contributed by atoms with Gasteiger partial charge in [0.15, 0.2) is 0 Å². The van der Waals surface area contributed by atoms with E-state index < -0.39 is 0 Å². The molecule has 1 heterocycles. The van der Waals surface area contributed by atoms with Crippen LogP contribution in [0.15, 0.2) is 18.2 Å². The first kappa shape index (κ1) is 11.1. The van der Waals surface area contributed by atoms with Crippen LogP contribution in [0.1, 0.15) is 24.5 Å². The highest BCUT2D eigenvalue weighted by molar-refractivity contribution is 5.56. The molecule has 0 aromatic heterocycles. The second kappa shape index (κ2) is 4.34. The lowest BCUT2D eigenvalue weighted by Gasteiger charge is -2.34. The van der Waals surface area contributed by atoms with Gasteiger partial charge >= 0.3 is 0 Å². The van der Waals surface area contributed by atoms with E-state index in [9.17, 15) is 0 Å². The third-order valence-corrected chi connectivity index (χ3v) is 4.19. The molecule has 1 radical (unpaired) electrons. The molecule has 1 aliphatic heterocycles. The molecule has 0 amide bonds. The minimum Gasteiger partial charge on any atom is -0.369 e. The lowest BCUT2D eigenvalue weighted by atomic mass is 10.0. The molecule has 1 aromatic rings. The molecular formula is C15H21N2. The van der Waals surface area contributed by atoms with E-state index in [1.807, 2.05) is 0 Å². The van der Waals surface area contributed by atoms with Gasteiger partial charge in [-0.1, -0.05) is 13.0 Å². The van der Waals surface area contributed by atoms with Gasteiger partial charge in [0, 0.05) is 37.8 Å². The molecule has 0 spiro atoms. The van der Waals surface area contributed by atoms with E-state index in [2.05, 4.69) is 42.0 Å². The van der Waals surface area contributed by atoms with Crippen LogP contribution < -0.4 is 4.90 Å². The van der Waals surface area contributed by atoms with E-state index in [1.165, 1.54) is 37.2 Å². The Morgan fingerprint density at radius 2 is 1.76 bits per heavy atom. The Balaban J connectivity index is 1.82. The molecule has 1 aromatic carbocycles. The summed E-state index contributed by atoms with van der Waals surface area (Å²) in [4.78, 5) is 4.92. The van der Waals surface area contributed by atoms with E-state index in [0.29, 0.717) is 0 Å². The lowest BCUT2D eigenvalue weighted by molar-refractivity contribution is 0.313. The topological polar surface area (TPSA) is 6.48 Å². The second-order valence-electron chi connectivity index (χ2n) is 5.41. The highest BCUT2D eigenvalue weighted by Gasteiger charge is 2.21. The largest absolute Gasteiger partial charge is 0.369 e. The predicted octanol–water partition coefficient (Wildman–Crippen LogP) is 2.33. The zero-order chi connectivity index (χ0) is 11.8. The van der Waals surface area contributed by atoms with Crippen molar-refractivity contribution in [3.8, 4) is 0 Å². The molecule has 0 saturated carbocycles. The maximum atomic E-state index is 2.52. The van der Waals surface area contributed by atoms with Gasteiger partial charge in [0.1, 0.15) is 0 Å². The van der Waals surface area contributed by atoms with Crippen LogP contribution in [0.25, 0.3) is 0 Å². The number of aryl methyl sites for hydroxylation is 1. The lowest BCUT2D eigenvalue weighted by Crippen LogP contribution is -2.44. The van der Waals surface area contributed by atoms with Crippen LogP contribution in [0.4, 0.5) is 5.69 Å². The van der Waals surface area contributed by atoms with E-state index in [0.717, 1.165) is 13.1 Å². The van der Waals surface area contributed by atoms with Crippen molar-refractivity contribution < 1.29 is 0 Å². The molecule has 2 nitrogen and oxygen atoms in total. The van der Waals surface area contributed by atoms with Crippen LogP contribution in [0.5, 0.6) is 0 Å². The van der Waals surface area contributed by atoms with Gasteiger partial charge in [0.2, 0.25) is 0 Å². The number of nitrogens with zero attached hydrogens (tertiary/aromatic N) is 2. The number of anilines is 1. The van der Waals surface area contributed by atoms with Gasteiger partial charge in [-0.2, -0.15) is 0 Å². The fourth-order valence-corrected chi connectivity index (χ4v) is 2.90. The number of piperazine rings is 1. The smallest absolute Gasteiger partial charge is 0.0370 e. The molecule has 0 unspecified atom stereocenters. The third-order valence-electron chi connectivity index (χ3n) is 4.19. The summed E-state index contributed by atoms with van der Waals surface area (Å²) in [7, 11) is 2.21. The Hall–Kier alpha value is -1.02. The van der Waals surface area contributed by atoms with Crippen LogP contribution in [0, 0.1) is 5.92 Å². The van der Waals surface area contributed by atoms with Crippen molar-refractivity contribution in [1.29, 1.82) is 0 Å². The molecule has 2 heteroatoms. The highest BCUT2D eigenvalue weighted by atomic mass is 15.2. The normalized spacial score (nSPS) is 21.9. The summed E-state index contributed by atoms with van der Waals surface area (Å²) in [5.74, 6) is 1.57. The van der Waals surface area contributed by atoms with Gasteiger partial charge in [-0.15, -0.1) is 0 Å². The van der Waals surface area contributed by atoms with E-state index in [1.54, 1.807) is 11.5 Å². The molecule has 3 rings (SSSR count). The van der Waals surface area contributed by atoms with Crippen molar-refractivity contribution in [2.75, 3.05) is 38.1 Å². The molecule has 1 saturated heterocycles. The van der Waals surface area contributed by atoms with Gasteiger partial charge < -0.3 is 9.80 Å². The first-order chi connectivity index (χ1) is 8.24. The van der Waals surface area contributed by atoms with Gasteiger partial charge in [-0.25, -0.2) is 0 Å². The zero-order valence-electron chi connectivity index (χ0n) is 10.9. The monoisotopic (exact) mass is 229 g/mol. The summed E-state index contributed by atoms with van der Waals surface area (Å²) < 4.78 is 0. The van der Waals surface area contributed by atoms with E-state index in [-0.39, 0.29) is 0 Å². The summed E-state index contributed by atoms with van der Waals surface area (Å²) in [6.07, 6.45) is 2.49. The van der Waals surface area contributed by atoms with Gasteiger partial charge in [-0.05, 0) is 43.1 Å². The standard InChI is InChI=1S/C15H21N2/c1-12-3-4-13-5-6-14(11-15(12)13)17-9-7-16(2)8-10-17/h5-6,11H,3-4,7-10H2,1-2H3. The van der Waals surface area contributed by atoms with Crippen molar-refractivity contribution in [1.82, 2.24) is 4.90 Å². The maximum Gasteiger partial charge on any atom is 0.0370 e. The first-order valence-corrected chi connectivity index (χ1v) is 6.63. The van der Waals surface area contributed by atoms with E-state index >= 15 is 0 Å². The summed E-state index contributed by atoms with van der Waals surface area (Å²) in [5, 5.41) is 0. The van der Waals surface area contributed by atoms with Crippen LogP contribution in [0.3, 0.4) is 0 Å². The Bertz CT molecular complexity index is 405. The average Bonchev–Trinajstić information content (AvgIpc) is 2.72. The van der Waals surface area contributed by atoms with Crippen molar-refractivity contribution in [2.24, 2.45) is 0 Å². The minimum absolute atomic E-state index is 1.16. The molecule has 0 N–H and O–H groups in total. The Morgan fingerprint density at radius 3 is 2.53 bits per heavy atom. The summed E-state index contributed by atoms with van der Waals surface area (Å²) >= 11 is 0. The number of rotatable bonds is 1. The molecule has 1 aliphatic carbocycles. The third kappa shape index (κ3) is 2.06. The number of fused-ring (bicyclic) bond motifs is 1. The van der Waals surface area contributed by atoms with Crippen molar-refractivity contribution in [3.63, 3.8) is 0 Å². The molecule has 0 bridgehead atoms. The molecular weight excluding hydrogens is 208 g/mol. The summed E-state index contributed by atoms with van der Waals surface area (Å²) in [5.41, 5.74) is 4.47. The van der Waals surface area contributed by atoms with Gasteiger partial charge in [0.25, 0.3) is 0 Å². The Labute approximate surface area is 104 Å². The van der Waals surface area contributed by atoms with Crippen molar-refractivity contribution >= 4 is 5.69 Å². The number of benzene rings is 1. The van der Waals surface area contributed by atoms with Crippen molar-refractivity contribution in [3.05, 3.63) is 35.2 Å². The molecule has 0 atom stereocenters. The number of hydrogen-bond donors (Lipinski definition) is 0. The fraction of sp³-hybridized carbons (Fsp3) is 0.533. The fourth-order valence-electron chi connectivity index (χ4n) is 2.90. The maximum absolute atomic E-state index is 2.52. The number of hydrogen-bond acceptors (Lipinski definition) is 2. The zero-order valence-corrected chi connectivity index (χ0v) is 10.9. The Kier molecular flexibility index (Phi) is 2.83. The number of likely N-dealkylation sites (N-methyl/N-ethyl adjacent to an activating group) is 1. The summed E-state index contributed by atoms with van der Waals surface area (Å²) in [6.45, 7) is 6.96. The van der Waals surface area contributed by atoms with Crippen LogP contribution in [-0.4, -0.2) is 38.1 Å².